The van der Waals surface area contributed by atoms with Crippen LogP contribution < -0.4 is 15.2 Å². The largest absolute Gasteiger partial charge is 0.481 e. The molecule has 0 saturated carbocycles. The Morgan fingerprint density at radius 1 is 1.27 bits per heavy atom. The Morgan fingerprint density at radius 3 is 2.50 bits per heavy atom. The lowest BCUT2D eigenvalue weighted by Crippen LogP contribution is -2.49. The Labute approximate surface area is 128 Å². The van der Waals surface area contributed by atoms with Gasteiger partial charge in [-0.15, -0.1) is 0 Å². The molecule has 2 rings (SSSR count). The third-order valence-corrected chi connectivity index (χ3v) is 3.08. The first-order chi connectivity index (χ1) is 10.1. The summed E-state index contributed by atoms with van der Waals surface area (Å²) in [4.78, 5) is 23.6. The van der Waals surface area contributed by atoms with Crippen LogP contribution in [0.25, 0.3) is 0 Å². The van der Waals surface area contributed by atoms with Crippen molar-refractivity contribution in [2.45, 2.75) is 38.3 Å². The molecular formula is C15H19NO6. The van der Waals surface area contributed by atoms with Crippen LogP contribution in [0, 0.1) is 0 Å². The van der Waals surface area contributed by atoms with Crippen molar-refractivity contribution in [1.82, 2.24) is 0 Å². The Balaban J connectivity index is 2.40. The summed E-state index contributed by atoms with van der Waals surface area (Å²) in [6.45, 7) is 5.13. The van der Waals surface area contributed by atoms with Crippen molar-refractivity contribution < 1.29 is 28.9 Å². The van der Waals surface area contributed by atoms with Gasteiger partial charge < -0.3 is 25.1 Å². The number of carboxylic acid groups (broad SMARTS) is 1. The first-order valence-corrected chi connectivity index (χ1v) is 6.76. The van der Waals surface area contributed by atoms with E-state index >= 15 is 0 Å². The van der Waals surface area contributed by atoms with Crippen LogP contribution in [-0.4, -0.2) is 29.4 Å². The van der Waals surface area contributed by atoms with Crippen molar-refractivity contribution in [3.05, 3.63) is 23.8 Å². The highest BCUT2D eigenvalue weighted by atomic mass is 16.7. The topological polar surface area (TPSA) is 108 Å². The zero-order valence-electron chi connectivity index (χ0n) is 12.7. The molecule has 0 fully saturated rings. The van der Waals surface area contributed by atoms with E-state index in [1.165, 1.54) is 6.07 Å². The highest BCUT2D eigenvalue weighted by Gasteiger charge is 2.42. The van der Waals surface area contributed by atoms with Crippen molar-refractivity contribution in [3.63, 3.8) is 0 Å². The highest BCUT2D eigenvalue weighted by molar-refractivity contribution is 5.88. The lowest BCUT2D eigenvalue weighted by Gasteiger charge is -2.30. The lowest BCUT2D eigenvalue weighted by molar-refractivity contribution is -0.165. The molecule has 0 saturated heterocycles. The molecule has 1 heterocycles. The van der Waals surface area contributed by atoms with E-state index in [1.807, 2.05) is 0 Å². The van der Waals surface area contributed by atoms with Gasteiger partial charge in [-0.3, -0.25) is 4.79 Å². The second-order valence-electron chi connectivity index (χ2n) is 6.11. The van der Waals surface area contributed by atoms with Gasteiger partial charge in [0.2, 0.25) is 6.79 Å². The molecule has 22 heavy (non-hydrogen) atoms. The summed E-state index contributed by atoms with van der Waals surface area (Å²) in [5, 5.41) is 9.11. The van der Waals surface area contributed by atoms with E-state index in [9.17, 15) is 9.59 Å². The monoisotopic (exact) mass is 309 g/mol. The maximum absolute atomic E-state index is 12.4. The van der Waals surface area contributed by atoms with Crippen LogP contribution in [0.1, 0.15) is 32.8 Å². The summed E-state index contributed by atoms with van der Waals surface area (Å²) >= 11 is 0. The number of ether oxygens (including phenoxy) is 3. The molecule has 7 nitrogen and oxygen atoms in total. The van der Waals surface area contributed by atoms with E-state index in [0.29, 0.717) is 17.1 Å². The van der Waals surface area contributed by atoms with Crippen LogP contribution in [0.2, 0.25) is 0 Å². The van der Waals surface area contributed by atoms with Crippen LogP contribution >= 0.6 is 0 Å². The molecule has 1 atom stereocenters. The molecule has 0 amide bonds. The Hall–Kier alpha value is -2.28. The van der Waals surface area contributed by atoms with E-state index in [4.69, 9.17) is 25.1 Å². The second-order valence-corrected chi connectivity index (χ2v) is 6.11. The summed E-state index contributed by atoms with van der Waals surface area (Å²) in [5.41, 5.74) is 3.83. The third kappa shape index (κ3) is 3.30. The number of hydrogen-bond donors (Lipinski definition) is 2. The summed E-state index contributed by atoms with van der Waals surface area (Å²) in [6.07, 6.45) is -0.596. The Kier molecular flexibility index (Phi) is 4.02. The quantitative estimate of drug-likeness (QED) is 0.809. The summed E-state index contributed by atoms with van der Waals surface area (Å²) in [6, 6.07) is 4.64. The Morgan fingerprint density at radius 2 is 1.91 bits per heavy atom. The molecular weight excluding hydrogens is 290 g/mol. The molecule has 3 N–H and O–H groups in total. The van der Waals surface area contributed by atoms with Gasteiger partial charge in [-0.05, 0) is 38.5 Å². The van der Waals surface area contributed by atoms with Gasteiger partial charge in [0, 0.05) is 0 Å². The SMILES string of the molecule is CC(C)(C)OC(=O)C(N)(CC(=O)O)c1ccc2c(c1)OCO2. The minimum absolute atomic E-state index is 0.0712. The number of carboxylic acids is 1. The van der Waals surface area contributed by atoms with E-state index in [2.05, 4.69) is 0 Å². The molecule has 1 aromatic carbocycles. The maximum atomic E-state index is 12.4. The molecule has 1 aliphatic heterocycles. The van der Waals surface area contributed by atoms with E-state index in [1.54, 1.807) is 32.9 Å². The molecule has 120 valence electrons. The molecule has 0 spiro atoms. The van der Waals surface area contributed by atoms with Gasteiger partial charge in [-0.2, -0.15) is 0 Å². The number of carbonyl (C=O) groups is 2. The fourth-order valence-electron chi connectivity index (χ4n) is 2.07. The number of rotatable bonds is 4. The molecule has 0 bridgehead atoms. The van der Waals surface area contributed by atoms with Crippen LogP contribution in [0.15, 0.2) is 18.2 Å². The van der Waals surface area contributed by atoms with Crippen molar-refractivity contribution in [2.75, 3.05) is 6.79 Å². The van der Waals surface area contributed by atoms with Gasteiger partial charge in [-0.25, -0.2) is 4.79 Å². The van der Waals surface area contributed by atoms with Crippen LogP contribution in [0.4, 0.5) is 0 Å². The highest BCUT2D eigenvalue weighted by Crippen LogP contribution is 2.37. The van der Waals surface area contributed by atoms with Crippen LogP contribution in [0.3, 0.4) is 0 Å². The number of nitrogens with two attached hydrogens (primary N) is 1. The number of fused-ring (bicyclic) bond motifs is 1. The molecule has 0 aliphatic carbocycles. The summed E-state index contributed by atoms with van der Waals surface area (Å²) in [5.74, 6) is -1.07. The van der Waals surface area contributed by atoms with Gasteiger partial charge >= 0.3 is 11.9 Å². The number of esters is 1. The van der Waals surface area contributed by atoms with Gasteiger partial charge in [0.1, 0.15) is 5.60 Å². The van der Waals surface area contributed by atoms with Crippen molar-refractivity contribution in [2.24, 2.45) is 5.73 Å². The fourth-order valence-corrected chi connectivity index (χ4v) is 2.07. The van der Waals surface area contributed by atoms with E-state index in [0.717, 1.165) is 0 Å². The van der Waals surface area contributed by atoms with E-state index < -0.39 is 29.5 Å². The number of hydrogen-bond acceptors (Lipinski definition) is 6. The molecule has 0 aromatic heterocycles. The van der Waals surface area contributed by atoms with Crippen LogP contribution in [-0.2, 0) is 19.9 Å². The maximum Gasteiger partial charge on any atom is 0.331 e. The molecule has 1 aromatic rings. The minimum Gasteiger partial charge on any atom is -0.481 e. The first kappa shape index (κ1) is 16.1. The third-order valence-electron chi connectivity index (χ3n) is 3.08. The zero-order valence-corrected chi connectivity index (χ0v) is 12.7. The number of carbonyl (C=O) groups excluding carboxylic acids is 1. The minimum atomic E-state index is -1.81. The zero-order chi connectivity index (χ0) is 16.5. The van der Waals surface area contributed by atoms with Crippen molar-refractivity contribution in [3.8, 4) is 11.5 Å². The molecule has 1 aliphatic rings. The smallest absolute Gasteiger partial charge is 0.331 e. The normalized spacial score (nSPS) is 16.0. The molecule has 7 heteroatoms. The first-order valence-electron chi connectivity index (χ1n) is 6.76. The number of aliphatic carboxylic acids is 1. The lowest BCUT2D eigenvalue weighted by atomic mass is 9.87. The average molecular weight is 309 g/mol. The predicted octanol–water partition coefficient (Wildman–Crippen LogP) is 1.39. The molecule has 0 radical (unpaired) electrons. The number of benzene rings is 1. The summed E-state index contributed by atoms with van der Waals surface area (Å²) < 4.78 is 15.7. The van der Waals surface area contributed by atoms with Gasteiger partial charge in [-0.1, -0.05) is 6.07 Å². The van der Waals surface area contributed by atoms with E-state index in [-0.39, 0.29) is 6.79 Å². The Bertz CT molecular complexity index is 607. The molecule has 1 unspecified atom stereocenters. The predicted molar refractivity (Wildman–Crippen MR) is 76.5 cm³/mol. The van der Waals surface area contributed by atoms with Crippen molar-refractivity contribution >= 4 is 11.9 Å². The van der Waals surface area contributed by atoms with Crippen LogP contribution in [0.5, 0.6) is 11.5 Å². The fraction of sp³-hybridized carbons (Fsp3) is 0.467. The van der Waals surface area contributed by atoms with Gasteiger partial charge in [0.15, 0.2) is 17.0 Å². The van der Waals surface area contributed by atoms with Crippen molar-refractivity contribution in [1.29, 1.82) is 0 Å². The van der Waals surface area contributed by atoms with Gasteiger partial charge in [0.25, 0.3) is 0 Å². The second kappa shape index (κ2) is 5.49. The summed E-state index contributed by atoms with van der Waals surface area (Å²) in [7, 11) is 0. The average Bonchev–Trinajstić information content (AvgIpc) is 2.82. The standard InChI is InChI=1S/C15H19NO6/c1-14(2,3)22-13(19)15(16,7-12(17)18)9-4-5-10-11(6-9)21-8-20-10/h4-6H,7-8,16H2,1-3H3,(H,17,18). The van der Waals surface area contributed by atoms with Gasteiger partial charge in [0.05, 0.1) is 6.42 Å².